The summed E-state index contributed by atoms with van der Waals surface area (Å²) in [7, 11) is 1.87. The second-order valence-corrected chi connectivity index (χ2v) is 5.61. The molecule has 0 bridgehead atoms. The van der Waals surface area contributed by atoms with E-state index in [1.54, 1.807) is 0 Å². The van der Waals surface area contributed by atoms with Gasteiger partial charge in [0.15, 0.2) is 0 Å². The molecule has 2 atom stereocenters. The molecular formula is C12H24N2O. The minimum absolute atomic E-state index is 0.0197. The molecule has 0 radical (unpaired) electrons. The van der Waals surface area contributed by atoms with Crippen molar-refractivity contribution in [2.45, 2.75) is 52.6 Å². The summed E-state index contributed by atoms with van der Waals surface area (Å²) in [5, 5.41) is 3.15. The van der Waals surface area contributed by atoms with Crippen LogP contribution in [0.1, 0.15) is 40.5 Å². The maximum Gasteiger partial charge on any atom is 0.240 e. The van der Waals surface area contributed by atoms with E-state index in [0.717, 1.165) is 19.4 Å². The van der Waals surface area contributed by atoms with Crippen LogP contribution in [0.2, 0.25) is 0 Å². The fourth-order valence-electron chi connectivity index (χ4n) is 2.35. The molecule has 1 amide bonds. The molecule has 0 spiro atoms. The molecule has 1 heterocycles. The van der Waals surface area contributed by atoms with Crippen LogP contribution in [0, 0.1) is 5.41 Å². The highest BCUT2D eigenvalue weighted by Gasteiger charge is 2.36. The van der Waals surface area contributed by atoms with E-state index in [4.69, 9.17) is 0 Å². The van der Waals surface area contributed by atoms with E-state index in [2.05, 4.69) is 33.0 Å². The number of likely N-dealkylation sites (tertiary alicyclic amines) is 1. The molecule has 1 unspecified atom stereocenters. The number of nitrogens with zero attached hydrogens (tertiary/aromatic N) is 1. The molecule has 0 aliphatic carbocycles. The summed E-state index contributed by atoms with van der Waals surface area (Å²) in [4.78, 5) is 14.3. The van der Waals surface area contributed by atoms with E-state index in [1.807, 2.05) is 11.9 Å². The Balaban J connectivity index is 2.73. The fraction of sp³-hybridized carbons (Fsp3) is 0.917. The highest BCUT2D eigenvalue weighted by molar-refractivity contribution is 5.83. The van der Waals surface area contributed by atoms with Crippen molar-refractivity contribution in [3.63, 3.8) is 0 Å². The van der Waals surface area contributed by atoms with Gasteiger partial charge in [0.25, 0.3) is 0 Å². The fourth-order valence-corrected chi connectivity index (χ4v) is 2.35. The molecule has 1 N–H and O–H groups in total. The first-order valence-electron chi connectivity index (χ1n) is 5.85. The number of likely N-dealkylation sites (N-methyl/N-ethyl adjacent to an activating group) is 1. The van der Waals surface area contributed by atoms with Crippen molar-refractivity contribution in [1.29, 1.82) is 0 Å². The zero-order valence-electron chi connectivity index (χ0n) is 10.6. The number of amides is 1. The Bertz CT molecular complexity index is 232. The summed E-state index contributed by atoms with van der Waals surface area (Å²) < 4.78 is 0. The molecular weight excluding hydrogens is 188 g/mol. The Morgan fingerprint density at radius 2 is 2.07 bits per heavy atom. The Kier molecular flexibility index (Phi) is 3.77. The average Bonchev–Trinajstić information content (AvgIpc) is 2.49. The molecule has 3 nitrogen and oxygen atoms in total. The van der Waals surface area contributed by atoms with E-state index in [9.17, 15) is 4.79 Å². The predicted octanol–water partition coefficient (Wildman–Crippen LogP) is 1.63. The van der Waals surface area contributed by atoms with Gasteiger partial charge in [-0.2, -0.15) is 0 Å². The van der Waals surface area contributed by atoms with Crippen LogP contribution >= 0.6 is 0 Å². The molecule has 3 heteroatoms. The highest BCUT2D eigenvalue weighted by Crippen LogP contribution is 2.24. The Morgan fingerprint density at radius 1 is 1.47 bits per heavy atom. The van der Waals surface area contributed by atoms with Gasteiger partial charge >= 0.3 is 0 Å². The van der Waals surface area contributed by atoms with E-state index < -0.39 is 0 Å². The SMILES string of the molecule is CNC(C(=O)N1CCC[C@H]1C)C(C)(C)C. The van der Waals surface area contributed by atoms with E-state index in [1.165, 1.54) is 0 Å². The van der Waals surface area contributed by atoms with Crippen LogP contribution in [0.15, 0.2) is 0 Å². The quantitative estimate of drug-likeness (QED) is 0.754. The summed E-state index contributed by atoms with van der Waals surface area (Å²) in [6.07, 6.45) is 2.29. The molecule has 1 fully saturated rings. The topological polar surface area (TPSA) is 32.3 Å². The number of rotatable bonds is 2. The van der Waals surface area contributed by atoms with Crippen LogP contribution in [0.4, 0.5) is 0 Å². The number of nitrogens with one attached hydrogen (secondary N) is 1. The van der Waals surface area contributed by atoms with E-state index >= 15 is 0 Å². The number of hydrogen-bond donors (Lipinski definition) is 1. The van der Waals surface area contributed by atoms with Crippen molar-refractivity contribution in [2.24, 2.45) is 5.41 Å². The summed E-state index contributed by atoms with van der Waals surface area (Å²) in [5.41, 5.74) is -0.0197. The van der Waals surface area contributed by atoms with Gasteiger partial charge in [0.1, 0.15) is 0 Å². The van der Waals surface area contributed by atoms with E-state index in [-0.39, 0.29) is 17.4 Å². The van der Waals surface area contributed by atoms with Crippen LogP contribution in [-0.2, 0) is 4.79 Å². The lowest BCUT2D eigenvalue weighted by atomic mass is 9.86. The minimum Gasteiger partial charge on any atom is -0.339 e. The molecule has 88 valence electrons. The molecule has 1 rings (SSSR count). The van der Waals surface area contributed by atoms with Crippen LogP contribution in [0.3, 0.4) is 0 Å². The number of carbonyl (C=O) groups is 1. The van der Waals surface area contributed by atoms with Gasteiger partial charge in [-0.25, -0.2) is 0 Å². The summed E-state index contributed by atoms with van der Waals surface area (Å²) >= 11 is 0. The first-order chi connectivity index (χ1) is 6.88. The maximum absolute atomic E-state index is 12.3. The van der Waals surface area contributed by atoms with Gasteiger partial charge in [-0.1, -0.05) is 20.8 Å². The zero-order chi connectivity index (χ0) is 11.6. The lowest BCUT2D eigenvalue weighted by Crippen LogP contribution is -2.52. The summed E-state index contributed by atoms with van der Waals surface area (Å²) in [6.45, 7) is 9.38. The molecule has 0 aromatic rings. The number of hydrogen-bond acceptors (Lipinski definition) is 2. The Hall–Kier alpha value is -0.570. The van der Waals surface area contributed by atoms with E-state index in [0.29, 0.717) is 6.04 Å². The van der Waals surface area contributed by atoms with Crippen molar-refractivity contribution in [3.05, 3.63) is 0 Å². The predicted molar refractivity (Wildman–Crippen MR) is 62.7 cm³/mol. The third-order valence-electron chi connectivity index (χ3n) is 3.24. The molecule has 1 aliphatic heterocycles. The normalized spacial score (nSPS) is 24.3. The average molecular weight is 212 g/mol. The zero-order valence-corrected chi connectivity index (χ0v) is 10.6. The Morgan fingerprint density at radius 3 is 2.40 bits per heavy atom. The standard InChI is InChI=1S/C12H24N2O/c1-9-7-6-8-14(9)11(15)10(13-5)12(2,3)4/h9-10,13H,6-8H2,1-5H3/t9-,10?/m1/s1. The third kappa shape index (κ3) is 2.71. The largest absolute Gasteiger partial charge is 0.339 e. The van der Waals surface area contributed by atoms with Crippen LogP contribution in [0.25, 0.3) is 0 Å². The second-order valence-electron chi connectivity index (χ2n) is 5.61. The maximum atomic E-state index is 12.3. The first-order valence-corrected chi connectivity index (χ1v) is 5.85. The van der Waals surface area contributed by atoms with Crippen LogP contribution < -0.4 is 5.32 Å². The number of carbonyl (C=O) groups excluding carboxylic acids is 1. The van der Waals surface area contributed by atoms with Gasteiger partial charge in [0, 0.05) is 12.6 Å². The smallest absolute Gasteiger partial charge is 0.240 e. The van der Waals surface area contributed by atoms with Crippen molar-refractivity contribution >= 4 is 5.91 Å². The molecule has 1 aliphatic rings. The molecule has 0 saturated carbocycles. The van der Waals surface area contributed by atoms with Gasteiger partial charge in [-0.15, -0.1) is 0 Å². The molecule has 15 heavy (non-hydrogen) atoms. The van der Waals surface area contributed by atoms with Gasteiger partial charge < -0.3 is 10.2 Å². The highest BCUT2D eigenvalue weighted by atomic mass is 16.2. The third-order valence-corrected chi connectivity index (χ3v) is 3.24. The van der Waals surface area contributed by atoms with Crippen LogP contribution in [-0.4, -0.2) is 36.5 Å². The first kappa shape index (κ1) is 12.5. The van der Waals surface area contributed by atoms with Gasteiger partial charge in [0.2, 0.25) is 5.91 Å². The molecule has 0 aromatic carbocycles. The summed E-state index contributed by atoms with van der Waals surface area (Å²) in [6, 6.07) is 0.341. The summed E-state index contributed by atoms with van der Waals surface area (Å²) in [5.74, 6) is 0.259. The minimum atomic E-state index is -0.0713. The van der Waals surface area contributed by atoms with Gasteiger partial charge in [-0.05, 0) is 32.2 Å². The lowest BCUT2D eigenvalue weighted by molar-refractivity contribution is -0.136. The molecule has 1 saturated heterocycles. The second kappa shape index (κ2) is 4.52. The van der Waals surface area contributed by atoms with Crippen molar-refractivity contribution < 1.29 is 4.79 Å². The Labute approximate surface area is 93.2 Å². The van der Waals surface area contributed by atoms with Gasteiger partial charge in [0.05, 0.1) is 6.04 Å². The van der Waals surface area contributed by atoms with Crippen molar-refractivity contribution in [3.8, 4) is 0 Å². The van der Waals surface area contributed by atoms with Crippen molar-refractivity contribution in [2.75, 3.05) is 13.6 Å². The van der Waals surface area contributed by atoms with Crippen molar-refractivity contribution in [1.82, 2.24) is 10.2 Å². The molecule has 0 aromatic heterocycles. The lowest BCUT2D eigenvalue weighted by Gasteiger charge is -2.34. The van der Waals surface area contributed by atoms with Crippen LogP contribution in [0.5, 0.6) is 0 Å². The van der Waals surface area contributed by atoms with Gasteiger partial charge in [-0.3, -0.25) is 4.79 Å². The monoisotopic (exact) mass is 212 g/mol.